The highest BCUT2D eigenvalue weighted by molar-refractivity contribution is 5.83. The van der Waals surface area contributed by atoms with Crippen LogP contribution in [-0.4, -0.2) is 21.6 Å². The summed E-state index contributed by atoms with van der Waals surface area (Å²) in [7, 11) is 0. The zero-order chi connectivity index (χ0) is 19.6. The van der Waals surface area contributed by atoms with Crippen LogP contribution >= 0.6 is 0 Å². The van der Waals surface area contributed by atoms with Gasteiger partial charge < -0.3 is 20.7 Å². The smallest absolute Gasteiger partial charge is 0.0966 e. The van der Waals surface area contributed by atoms with Crippen molar-refractivity contribution in [3.8, 4) is 0 Å². The molecule has 1 unspecified atom stereocenters. The van der Waals surface area contributed by atoms with E-state index >= 15 is 0 Å². The highest BCUT2D eigenvalue weighted by Crippen LogP contribution is 2.35. The molecule has 1 aliphatic rings. The van der Waals surface area contributed by atoms with E-state index in [0.29, 0.717) is 0 Å². The van der Waals surface area contributed by atoms with Crippen molar-refractivity contribution < 1.29 is 5.11 Å². The summed E-state index contributed by atoms with van der Waals surface area (Å²) in [6, 6.07) is 18.7. The second-order valence-corrected chi connectivity index (χ2v) is 7.52. The second kappa shape index (κ2) is 7.60. The Morgan fingerprint density at radius 1 is 1.03 bits per heavy atom. The van der Waals surface area contributed by atoms with Crippen molar-refractivity contribution in [1.29, 1.82) is 0 Å². The molecular formula is C24H24N4O. The monoisotopic (exact) mass is 384 g/mol. The average molecular weight is 384 g/mol. The Kier molecular flexibility index (Phi) is 4.66. The molecule has 146 valence electrons. The van der Waals surface area contributed by atoms with Gasteiger partial charge in [-0.3, -0.25) is 4.98 Å². The van der Waals surface area contributed by atoms with Gasteiger partial charge in [0.05, 0.1) is 11.8 Å². The molecule has 0 amide bonds. The number of fused-ring (bicyclic) bond motifs is 2. The van der Waals surface area contributed by atoms with Gasteiger partial charge in [-0.2, -0.15) is 0 Å². The highest BCUT2D eigenvalue weighted by atomic mass is 16.3. The van der Waals surface area contributed by atoms with Crippen molar-refractivity contribution in [2.24, 2.45) is 0 Å². The molecule has 0 aliphatic heterocycles. The molecule has 5 heteroatoms. The number of aromatic amines is 1. The summed E-state index contributed by atoms with van der Waals surface area (Å²) in [6.07, 6.45) is 6.01. The number of H-pyrrole nitrogens is 1. The molecule has 5 nitrogen and oxygen atoms in total. The first-order valence-electron chi connectivity index (χ1n) is 10.1. The molecule has 1 aliphatic carbocycles. The first kappa shape index (κ1) is 17.8. The van der Waals surface area contributed by atoms with Crippen molar-refractivity contribution in [2.45, 2.75) is 25.4 Å². The van der Waals surface area contributed by atoms with Crippen LogP contribution in [0.4, 0.5) is 17.1 Å². The maximum absolute atomic E-state index is 10.0. The van der Waals surface area contributed by atoms with Gasteiger partial charge in [0.25, 0.3) is 0 Å². The normalized spacial score (nSPS) is 15.4. The van der Waals surface area contributed by atoms with Gasteiger partial charge in [0.15, 0.2) is 0 Å². The lowest BCUT2D eigenvalue weighted by atomic mass is 10.1. The van der Waals surface area contributed by atoms with Crippen molar-refractivity contribution >= 4 is 28.0 Å². The number of benzene rings is 2. The average Bonchev–Trinajstić information content (AvgIpc) is 3.34. The number of rotatable bonds is 6. The summed E-state index contributed by atoms with van der Waals surface area (Å²) in [5.74, 6) is 0. The van der Waals surface area contributed by atoms with Crippen LogP contribution in [0.15, 0.2) is 67.0 Å². The molecule has 0 spiro atoms. The number of nitrogens with zero attached hydrogens (tertiary/aromatic N) is 1. The summed E-state index contributed by atoms with van der Waals surface area (Å²) in [5, 5.41) is 18.3. The Morgan fingerprint density at radius 3 is 2.76 bits per heavy atom. The third-order valence-corrected chi connectivity index (χ3v) is 5.63. The summed E-state index contributed by atoms with van der Waals surface area (Å²) < 4.78 is 0. The molecule has 1 atom stereocenters. The summed E-state index contributed by atoms with van der Waals surface area (Å²) in [4.78, 5) is 7.66. The molecule has 0 radical (unpaired) electrons. The summed E-state index contributed by atoms with van der Waals surface area (Å²) in [5.41, 5.74) is 7.62. The topological polar surface area (TPSA) is 73.0 Å². The van der Waals surface area contributed by atoms with Crippen molar-refractivity contribution in [1.82, 2.24) is 9.97 Å². The van der Waals surface area contributed by atoms with Crippen LogP contribution < -0.4 is 10.6 Å². The summed E-state index contributed by atoms with van der Waals surface area (Å²) in [6.45, 7) is 0.879. The molecular weight excluding hydrogens is 360 g/mol. The van der Waals surface area contributed by atoms with Crippen LogP contribution in [0.5, 0.6) is 0 Å². The van der Waals surface area contributed by atoms with Crippen LogP contribution in [0.1, 0.15) is 29.3 Å². The highest BCUT2D eigenvalue weighted by Gasteiger charge is 2.24. The van der Waals surface area contributed by atoms with Gasteiger partial charge in [-0.05, 0) is 66.8 Å². The fourth-order valence-corrected chi connectivity index (χ4v) is 4.10. The van der Waals surface area contributed by atoms with Crippen LogP contribution in [0.2, 0.25) is 0 Å². The molecule has 0 fully saturated rings. The lowest BCUT2D eigenvalue weighted by molar-refractivity contribution is 0.176. The third kappa shape index (κ3) is 3.57. The van der Waals surface area contributed by atoms with E-state index in [9.17, 15) is 5.11 Å². The van der Waals surface area contributed by atoms with Gasteiger partial charge in [-0.15, -0.1) is 0 Å². The Balaban J connectivity index is 1.21. The first-order chi connectivity index (χ1) is 14.3. The molecule has 0 saturated carbocycles. The van der Waals surface area contributed by atoms with E-state index in [4.69, 9.17) is 0 Å². The number of hydrogen-bond donors (Lipinski definition) is 4. The van der Waals surface area contributed by atoms with E-state index in [0.717, 1.165) is 54.1 Å². The van der Waals surface area contributed by atoms with E-state index in [1.807, 2.05) is 6.07 Å². The number of anilines is 3. The van der Waals surface area contributed by atoms with Crippen molar-refractivity contribution in [2.75, 3.05) is 17.2 Å². The minimum atomic E-state index is -0.435. The van der Waals surface area contributed by atoms with E-state index < -0.39 is 6.10 Å². The van der Waals surface area contributed by atoms with Gasteiger partial charge in [0.1, 0.15) is 0 Å². The van der Waals surface area contributed by atoms with Gasteiger partial charge in [-0.1, -0.05) is 18.2 Å². The zero-order valence-corrected chi connectivity index (χ0v) is 16.2. The van der Waals surface area contributed by atoms with E-state index in [1.54, 1.807) is 6.20 Å². The Hall–Kier alpha value is -3.31. The van der Waals surface area contributed by atoms with Crippen LogP contribution in [0.25, 0.3) is 10.9 Å². The lowest BCUT2D eigenvalue weighted by Gasteiger charge is -2.12. The number of para-hydroxylation sites is 1. The molecule has 2 heterocycles. The molecule has 0 saturated heterocycles. The number of aliphatic hydroxyl groups is 1. The number of hydrogen-bond acceptors (Lipinski definition) is 4. The van der Waals surface area contributed by atoms with Gasteiger partial charge in [0, 0.05) is 46.9 Å². The zero-order valence-electron chi connectivity index (χ0n) is 16.2. The van der Waals surface area contributed by atoms with Gasteiger partial charge >= 0.3 is 0 Å². The molecule has 4 N–H and O–H groups in total. The molecule has 29 heavy (non-hydrogen) atoms. The Morgan fingerprint density at radius 2 is 1.86 bits per heavy atom. The minimum absolute atomic E-state index is 0.435. The molecule has 0 bridgehead atoms. The maximum atomic E-state index is 10.0. The number of aliphatic hydroxyl groups excluding tert-OH is 1. The van der Waals surface area contributed by atoms with E-state index in [2.05, 4.69) is 75.3 Å². The largest absolute Gasteiger partial charge is 0.387 e. The van der Waals surface area contributed by atoms with E-state index in [-0.39, 0.29) is 0 Å². The van der Waals surface area contributed by atoms with Crippen LogP contribution in [0.3, 0.4) is 0 Å². The maximum Gasteiger partial charge on any atom is 0.0966 e. The Bertz CT molecular complexity index is 1130. The van der Waals surface area contributed by atoms with Crippen molar-refractivity contribution in [3.63, 3.8) is 0 Å². The molecule has 4 aromatic rings. The fraction of sp³-hybridized carbons (Fsp3) is 0.208. The van der Waals surface area contributed by atoms with Gasteiger partial charge in [-0.25, -0.2) is 0 Å². The first-order valence-corrected chi connectivity index (χ1v) is 10.1. The standard InChI is InChI=1S/C24H24N4O/c29-23-10-9-20-22(12-14-26-24(20)23)28-18-7-5-17(6-8-18)25-13-11-16-15-27-21-4-2-1-3-19(16)21/h1-8,12,14-15,23,25,27,29H,9-11,13H2,(H,26,28). The Labute approximate surface area is 169 Å². The number of pyridine rings is 1. The number of nitrogens with one attached hydrogen (secondary N) is 3. The van der Waals surface area contributed by atoms with Gasteiger partial charge in [0.2, 0.25) is 0 Å². The van der Waals surface area contributed by atoms with Crippen LogP contribution in [-0.2, 0) is 12.8 Å². The molecule has 5 rings (SSSR count). The second-order valence-electron chi connectivity index (χ2n) is 7.52. The molecule has 2 aromatic heterocycles. The predicted octanol–water partition coefficient (Wildman–Crippen LogP) is 4.94. The van der Waals surface area contributed by atoms with Crippen LogP contribution in [0, 0.1) is 0 Å². The summed E-state index contributed by atoms with van der Waals surface area (Å²) >= 11 is 0. The quantitative estimate of drug-likeness (QED) is 0.380. The minimum Gasteiger partial charge on any atom is -0.387 e. The third-order valence-electron chi connectivity index (χ3n) is 5.63. The number of aromatic nitrogens is 2. The lowest BCUT2D eigenvalue weighted by Crippen LogP contribution is -2.04. The predicted molar refractivity (Wildman–Crippen MR) is 118 cm³/mol. The molecule has 2 aromatic carbocycles. The fourth-order valence-electron chi connectivity index (χ4n) is 4.10. The van der Waals surface area contributed by atoms with E-state index in [1.165, 1.54) is 16.5 Å². The SMILES string of the molecule is OC1CCc2c(Nc3ccc(NCCc4c[nH]c5ccccc45)cc3)ccnc21. The van der Waals surface area contributed by atoms with Crippen molar-refractivity contribution in [3.05, 3.63) is 83.8 Å².